The van der Waals surface area contributed by atoms with Crippen LogP contribution in [0.15, 0.2) is 64.4 Å². The third-order valence-corrected chi connectivity index (χ3v) is 6.02. The number of carboxylic acids is 1. The van der Waals surface area contributed by atoms with Crippen molar-refractivity contribution in [3.8, 4) is 0 Å². The highest BCUT2D eigenvalue weighted by molar-refractivity contribution is 7.99. The Hall–Kier alpha value is -2.58. The van der Waals surface area contributed by atoms with Gasteiger partial charge >= 0.3 is 5.97 Å². The fourth-order valence-corrected chi connectivity index (χ4v) is 4.08. The van der Waals surface area contributed by atoms with Crippen LogP contribution in [0, 0.1) is 10.1 Å². The zero-order chi connectivity index (χ0) is 22.0. The molecule has 6 nitrogen and oxygen atoms in total. The minimum atomic E-state index is -1.33. The average molecular weight is 483 g/mol. The summed E-state index contributed by atoms with van der Waals surface area (Å²) in [6, 6.07) is 12.6. The number of nitro benzene ring substituents is 1. The van der Waals surface area contributed by atoms with E-state index in [1.807, 2.05) is 0 Å². The number of carbonyl (C=O) groups is 2. The summed E-state index contributed by atoms with van der Waals surface area (Å²) in [5, 5.41) is 21.7. The van der Waals surface area contributed by atoms with Gasteiger partial charge in [-0.1, -0.05) is 46.6 Å². The summed E-state index contributed by atoms with van der Waals surface area (Å²) in [4.78, 5) is 36.2. The van der Waals surface area contributed by atoms with Gasteiger partial charge in [-0.15, -0.1) is 0 Å². The SMILES string of the molecule is O=C(O)c1cc(Cl)ccc1C(=O)c1ccc(Sc2ccc(Cl)c(Cl)c2)c([N+](=O)[O-])c1. The zero-order valence-corrected chi connectivity index (χ0v) is 17.8. The molecule has 3 aromatic carbocycles. The summed E-state index contributed by atoms with van der Waals surface area (Å²) in [5.74, 6) is -2.00. The van der Waals surface area contributed by atoms with E-state index in [1.54, 1.807) is 18.2 Å². The fourth-order valence-electron chi connectivity index (χ4n) is 2.60. The molecule has 0 spiro atoms. The van der Waals surface area contributed by atoms with Crippen LogP contribution in [-0.2, 0) is 0 Å². The highest BCUT2D eigenvalue weighted by Crippen LogP contribution is 2.38. The summed E-state index contributed by atoms with van der Waals surface area (Å²) in [5.41, 5.74) is -0.733. The van der Waals surface area contributed by atoms with E-state index in [0.29, 0.717) is 14.9 Å². The Morgan fingerprint density at radius 3 is 2.27 bits per heavy atom. The summed E-state index contributed by atoms with van der Waals surface area (Å²) in [6.07, 6.45) is 0. The van der Waals surface area contributed by atoms with Crippen molar-refractivity contribution in [3.63, 3.8) is 0 Å². The van der Waals surface area contributed by atoms with Crippen molar-refractivity contribution in [2.75, 3.05) is 0 Å². The molecule has 0 aromatic heterocycles. The monoisotopic (exact) mass is 481 g/mol. The summed E-state index contributed by atoms with van der Waals surface area (Å²) >= 11 is 18.8. The van der Waals surface area contributed by atoms with Crippen LogP contribution in [0.25, 0.3) is 0 Å². The quantitative estimate of drug-likeness (QED) is 0.240. The molecule has 0 fully saturated rings. The van der Waals surface area contributed by atoms with Crippen LogP contribution in [0.1, 0.15) is 26.3 Å². The molecule has 0 saturated carbocycles. The van der Waals surface area contributed by atoms with Gasteiger partial charge in [0.25, 0.3) is 5.69 Å². The lowest BCUT2D eigenvalue weighted by molar-refractivity contribution is -0.387. The molecule has 0 radical (unpaired) electrons. The third kappa shape index (κ3) is 4.76. The number of nitrogens with zero attached hydrogens (tertiary/aromatic N) is 1. The van der Waals surface area contributed by atoms with Crippen LogP contribution in [0.5, 0.6) is 0 Å². The van der Waals surface area contributed by atoms with E-state index in [1.165, 1.54) is 24.3 Å². The van der Waals surface area contributed by atoms with Crippen LogP contribution in [0.3, 0.4) is 0 Å². The highest BCUT2D eigenvalue weighted by atomic mass is 35.5. The molecule has 0 aliphatic heterocycles. The maximum absolute atomic E-state index is 12.8. The first-order chi connectivity index (χ1) is 14.2. The summed E-state index contributed by atoms with van der Waals surface area (Å²) in [7, 11) is 0. The molecule has 0 saturated heterocycles. The number of halogens is 3. The number of carboxylic acid groups (broad SMARTS) is 1. The van der Waals surface area contributed by atoms with E-state index in [4.69, 9.17) is 34.8 Å². The molecule has 0 heterocycles. The van der Waals surface area contributed by atoms with Gasteiger partial charge in [-0.3, -0.25) is 14.9 Å². The van der Waals surface area contributed by atoms with Crippen molar-refractivity contribution >= 4 is 64.0 Å². The average Bonchev–Trinajstić information content (AvgIpc) is 2.70. The van der Waals surface area contributed by atoms with Gasteiger partial charge in [0.2, 0.25) is 0 Å². The number of nitro groups is 1. The van der Waals surface area contributed by atoms with E-state index < -0.39 is 16.7 Å². The lowest BCUT2D eigenvalue weighted by Gasteiger charge is -2.08. The largest absolute Gasteiger partial charge is 0.478 e. The first kappa shape index (κ1) is 22.1. The second-order valence-electron chi connectivity index (χ2n) is 5.94. The number of hydrogen-bond acceptors (Lipinski definition) is 5. The molecule has 1 N–H and O–H groups in total. The van der Waals surface area contributed by atoms with E-state index in [0.717, 1.165) is 23.9 Å². The summed E-state index contributed by atoms with van der Waals surface area (Å²) in [6.45, 7) is 0. The minimum absolute atomic E-state index is 0.0231. The van der Waals surface area contributed by atoms with Crippen molar-refractivity contribution in [2.45, 2.75) is 9.79 Å². The normalized spacial score (nSPS) is 10.6. The number of carbonyl (C=O) groups excluding carboxylic acids is 1. The van der Waals surface area contributed by atoms with Gasteiger partial charge in [0.15, 0.2) is 5.78 Å². The number of ketones is 1. The second-order valence-corrected chi connectivity index (χ2v) is 8.31. The molecule has 0 aliphatic rings. The van der Waals surface area contributed by atoms with Crippen molar-refractivity contribution in [3.05, 3.63) is 96.5 Å². The van der Waals surface area contributed by atoms with Crippen LogP contribution >= 0.6 is 46.6 Å². The molecular formula is C20H10Cl3NO5S. The topological polar surface area (TPSA) is 97.5 Å². The zero-order valence-electron chi connectivity index (χ0n) is 14.8. The van der Waals surface area contributed by atoms with E-state index >= 15 is 0 Å². The Morgan fingerprint density at radius 2 is 1.63 bits per heavy atom. The Labute approximate surface area is 189 Å². The van der Waals surface area contributed by atoms with Crippen molar-refractivity contribution in [2.24, 2.45) is 0 Å². The first-order valence-corrected chi connectivity index (χ1v) is 10.1. The number of rotatable bonds is 6. The number of aromatic carboxylic acids is 1. The van der Waals surface area contributed by atoms with Crippen LogP contribution in [0.4, 0.5) is 5.69 Å². The standard InChI is InChI=1S/C20H10Cl3NO5S/c21-11-2-4-13(14(8-11)20(26)27)19(25)10-1-6-18(17(7-10)24(28)29)30-12-3-5-15(22)16(23)9-12/h1-9H,(H,26,27). The Morgan fingerprint density at radius 1 is 0.900 bits per heavy atom. The van der Waals surface area contributed by atoms with Gasteiger partial charge < -0.3 is 5.11 Å². The number of benzene rings is 3. The molecule has 0 aliphatic carbocycles. The molecule has 152 valence electrons. The van der Waals surface area contributed by atoms with Gasteiger partial charge in [0.1, 0.15) is 0 Å². The molecule has 0 atom stereocenters. The van der Waals surface area contributed by atoms with Gasteiger partial charge in [0, 0.05) is 27.1 Å². The Kier molecular flexibility index (Phi) is 6.67. The van der Waals surface area contributed by atoms with Gasteiger partial charge in [-0.25, -0.2) is 4.79 Å². The number of hydrogen-bond donors (Lipinski definition) is 1. The van der Waals surface area contributed by atoms with Crippen molar-refractivity contribution in [1.82, 2.24) is 0 Å². The second kappa shape index (κ2) is 9.06. The van der Waals surface area contributed by atoms with E-state index in [-0.39, 0.29) is 32.3 Å². The molecule has 0 bridgehead atoms. The van der Waals surface area contributed by atoms with E-state index in [2.05, 4.69) is 0 Å². The fraction of sp³-hybridized carbons (Fsp3) is 0. The molecule has 0 amide bonds. The molecule has 10 heteroatoms. The van der Waals surface area contributed by atoms with Crippen LogP contribution < -0.4 is 0 Å². The van der Waals surface area contributed by atoms with Crippen LogP contribution in [-0.4, -0.2) is 21.8 Å². The Balaban J connectivity index is 2.01. The maximum Gasteiger partial charge on any atom is 0.336 e. The highest BCUT2D eigenvalue weighted by Gasteiger charge is 2.23. The van der Waals surface area contributed by atoms with E-state index in [9.17, 15) is 24.8 Å². The maximum atomic E-state index is 12.8. The minimum Gasteiger partial charge on any atom is -0.478 e. The van der Waals surface area contributed by atoms with Crippen LogP contribution in [0.2, 0.25) is 15.1 Å². The van der Waals surface area contributed by atoms with Crippen molar-refractivity contribution < 1.29 is 19.6 Å². The smallest absolute Gasteiger partial charge is 0.336 e. The predicted octanol–water partition coefficient (Wildman–Crippen LogP) is 6.64. The molecule has 3 rings (SSSR count). The van der Waals surface area contributed by atoms with Gasteiger partial charge in [-0.05, 0) is 48.5 Å². The predicted molar refractivity (Wildman–Crippen MR) is 116 cm³/mol. The third-order valence-electron chi connectivity index (χ3n) is 3.99. The van der Waals surface area contributed by atoms with Gasteiger partial charge in [0.05, 0.1) is 25.4 Å². The van der Waals surface area contributed by atoms with Crippen molar-refractivity contribution in [1.29, 1.82) is 0 Å². The molecular weight excluding hydrogens is 473 g/mol. The molecule has 30 heavy (non-hydrogen) atoms. The first-order valence-electron chi connectivity index (χ1n) is 8.16. The molecule has 3 aromatic rings. The lowest BCUT2D eigenvalue weighted by atomic mass is 9.98. The van der Waals surface area contributed by atoms with Gasteiger partial charge in [-0.2, -0.15) is 0 Å². The Bertz CT molecular complexity index is 1200. The summed E-state index contributed by atoms with van der Waals surface area (Å²) < 4.78 is 0. The molecule has 0 unspecified atom stereocenters. The lowest BCUT2D eigenvalue weighted by Crippen LogP contribution is -2.10.